The number of aryl methyl sites for hydroxylation is 1. The number of carbonyl (C=O) groups is 1. The molecule has 1 heterocycles. The van der Waals surface area contributed by atoms with E-state index in [1.54, 1.807) is 7.11 Å². The topological polar surface area (TPSA) is 85.5 Å². The number of nitrogens with zero attached hydrogens (tertiary/aromatic N) is 2. The molecule has 1 N–H and O–H groups in total. The summed E-state index contributed by atoms with van der Waals surface area (Å²) in [5.74, 6) is 0.293. The van der Waals surface area contributed by atoms with Gasteiger partial charge in [-0.1, -0.05) is 5.16 Å². The van der Waals surface area contributed by atoms with Crippen molar-refractivity contribution in [2.45, 2.75) is 50.5 Å². The molecule has 0 bridgehead atoms. The van der Waals surface area contributed by atoms with Crippen LogP contribution in [0.25, 0.3) is 0 Å². The number of aromatic nitrogens is 2. The first kappa shape index (κ1) is 13.0. The van der Waals surface area contributed by atoms with Crippen LogP contribution < -0.4 is 0 Å². The Morgan fingerprint density at radius 2 is 2.22 bits per heavy atom. The highest BCUT2D eigenvalue weighted by Crippen LogP contribution is 2.40. The molecule has 0 aliphatic heterocycles. The van der Waals surface area contributed by atoms with Crippen molar-refractivity contribution in [3.63, 3.8) is 0 Å². The van der Waals surface area contributed by atoms with Crippen LogP contribution in [0.3, 0.4) is 0 Å². The third-order valence-electron chi connectivity index (χ3n) is 3.46. The van der Waals surface area contributed by atoms with Crippen LogP contribution >= 0.6 is 0 Å². The molecule has 6 heteroatoms. The van der Waals surface area contributed by atoms with E-state index in [1.165, 1.54) is 0 Å². The van der Waals surface area contributed by atoms with Gasteiger partial charge in [-0.15, -0.1) is 0 Å². The van der Waals surface area contributed by atoms with Gasteiger partial charge in [-0.25, -0.2) is 0 Å². The summed E-state index contributed by atoms with van der Waals surface area (Å²) in [5.41, 5.74) is -0.394. The highest BCUT2D eigenvalue weighted by Gasteiger charge is 2.40. The van der Waals surface area contributed by atoms with Gasteiger partial charge in [0.05, 0.1) is 0 Å². The Labute approximate surface area is 105 Å². The summed E-state index contributed by atoms with van der Waals surface area (Å²) in [7, 11) is 1.67. The molecule has 1 aliphatic carbocycles. The van der Waals surface area contributed by atoms with Crippen LogP contribution in [0.15, 0.2) is 4.52 Å². The van der Waals surface area contributed by atoms with E-state index in [-0.39, 0.29) is 6.42 Å². The second-order valence-electron chi connectivity index (χ2n) is 4.66. The van der Waals surface area contributed by atoms with Gasteiger partial charge in [-0.2, -0.15) is 4.98 Å². The fourth-order valence-corrected chi connectivity index (χ4v) is 2.40. The molecule has 2 rings (SSSR count). The summed E-state index contributed by atoms with van der Waals surface area (Å²) in [4.78, 5) is 14.8. The Balaban J connectivity index is 1.98. The van der Waals surface area contributed by atoms with E-state index in [0.717, 1.165) is 25.7 Å². The first-order chi connectivity index (χ1) is 8.66. The Morgan fingerprint density at radius 3 is 2.83 bits per heavy atom. The van der Waals surface area contributed by atoms with Crippen molar-refractivity contribution in [1.82, 2.24) is 10.1 Å². The van der Waals surface area contributed by atoms with E-state index >= 15 is 0 Å². The van der Waals surface area contributed by atoms with E-state index in [0.29, 0.717) is 24.6 Å². The van der Waals surface area contributed by atoms with Crippen LogP contribution in [0.2, 0.25) is 0 Å². The monoisotopic (exact) mass is 254 g/mol. The third-order valence-corrected chi connectivity index (χ3v) is 3.46. The van der Waals surface area contributed by atoms with Crippen molar-refractivity contribution in [2.75, 3.05) is 7.11 Å². The van der Waals surface area contributed by atoms with E-state index in [1.807, 2.05) is 0 Å². The standard InChI is InChI=1S/C12H18N2O4/c1-17-12(7-2-3-8-12)11-13-9(18-14-11)5-4-6-10(15)16/h2-8H2,1H3,(H,15,16). The molecule has 0 radical (unpaired) electrons. The van der Waals surface area contributed by atoms with Crippen molar-refractivity contribution >= 4 is 5.97 Å². The highest BCUT2D eigenvalue weighted by atomic mass is 16.5. The minimum Gasteiger partial charge on any atom is -0.481 e. The summed E-state index contributed by atoms with van der Waals surface area (Å²) in [6, 6.07) is 0. The first-order valence-corrected chi connectivity index (χ1v) is 6.26. The lowest BCUT2D eigenvalue weighted by Crippen LogP contribution is -2.26. The van der Waals surface area contributed by atoms with E-state index in [2.05, 4.69) is 10.1 Å². The van der Waals surface area contributed by atoms with Crippen molar-refractivity contribution in [1.29, 1.82) is 0 Å². The number of methoxy groups -OCH3 is 1. The van der Waals surface area contributed by atoms with Gasteiger partial charge in [-0.05, 0) is 32.1 Å². The predicted octanol–water partition coefficient (Wildman–Crippen LogP) is 1.89. The Morgan fingerprint density at radius 1 is 1.50 bits per heavy atom. The van der Waals surface area contributed by atoms with Crippen molar-refractivity contribution < 1.29 is 19.2 Å². The minimum absolute atomic E-state index is 0.118. The van der Waals surface area contributed by atoms with E-state index in [4.69, 9.17) is 14.4 Å². The van der Waals surface area contributed by atoms with Crippen LogP contribution in [0.4, 0.5) is 0 Å². The number of carboxylic acid groups (broad SMARTS) is 1. The lowest BCUT2D eigenvalue weighted by atomic mass is 10.0. The van der Waals surface area contributed by atoms with Gasteiger partial charge in [-0.3, -0.25) is 4.79 Å². The van der Waals surface area contributed by atoms with Gasteiger partial charge >= 0.3 is 5.97 Å². The Kier molecular flexibility index (Phi) is 3.96. The molecule has 18 heavy (non-hydrogen) atoms. The van der Waals surface area contributed by atoms with Crippen molar-refractivity contribution in [3.05, 3.63) is 11.7 Å². The molecule has 1 aromatic heterocycles. The Hall–Kier alpha value is -1.43. The summed E-state index contributed by atoms with van der Waals surface area (Å²) in [6.07, 6.45) is 5.17. The second kappa shape index (κ2) is 5.48. The zero-order valence-corrected chi connectivity index (χ0v) is 10.5. The van der Waals surface area contributed by atoms with Gasteiger partial charge in [0.25, 0.3) is 0 Å². The van der Waals surface area contributed by atoms with Gasteiger partial charge in [0, 0.05) is 20.0 Å². The molecule has 1 saturated carbocycles. The molecule has 0 aromatic carbocycles. The number of rotatable bonds is 6. The van der Waals surface area contributed by atoms with Crippen LogP contribution in [-0.4, -0.2) is 28.3 Å². The fraction of sp³-hybridized carbons (Fsp3) is 0.750. The predicted molar refractivity (Wildman–Crippen MR) is 62.0 cm³/mol. The molecule has 0 unspecified atom stereocenters. The largest absolute Gasteiger partial charge is 0.481 e. The number of ether oxygens (including phenoxy) is 1. The molecule has 0 saturated heterocycles. The maximum absolute atomic E-state index is 10.4. The van der Waals surface area contributed by atoms with Crippen LogP contribution in [-0.2, 0) is 21.6 Å². The Bertz CT molecular complexity index is 410. The fourth-order valence-electron chi connectivity index (χ4n) is 2.40. The summed E-state index contributed by atoms with van der Waals surface area (Å²) in [6.45, 7) is 0. The zero-order chi connectivity index (χ0) is 13.0. The van der Waals surface area contributed by atoms with Gasteiger partial charge < -0.3 is 14.4 Å². The average Bonchev–Trinajstić information content (AvgIpc) is 2.97. The number of hydrogen-bond acceptors (Lipinski definition) is 5. The maximum atomic E-state index is 10.4. The first-order valence-electron chi connectivity index (χ1n) is 6.26. The minimum atomic E-state index is -0.807. The summed E-state index contributed by atoms with van der Waals surface area (Å²) in [5, 5.41) is 12.5. The average molecular weight is 254 g/mol. The highest BCUT2D eigenvalue weighted by molar-refractivity contribution is 5.66. The SMILES string of the molecule is COC1(c2noc(CCCC(=O)O)n2)CCCC1. The lowest BCUT2D eigenvalue weighted by Gasteiger charge is -2.22. The smallest absolute Gasteiger partial charge is 0.303 e. The molecule has 1 aromatic rings. The molecule has 1 fully saturated rings. The number of carboxylic acids is 1. The van der Waals surface area contributed by atoms with Gasteiger partial charge in [0.15, 0.2) is 0 Å². The van der Waals surface area contributed by atoms with Crippen LogP contribution in [0.5, 0.6) is 0 Å². The normalized spacial score (nSPS) is 18.1. The third kappa shape index (κ3) is 2.69. The molecular weight excluding hydrogens is 236 g/mol. The van der Waals surface area contributed by atoms with Gasteiger partial charge in [0.1, 0.15) is 5.60 Å². The molecule has 0 atom stereocenters. The molecule has 0 spiro atoms. The lowest BCUT2D eigenvalue weighted by molar-refractivity contribution is -0.137. The zero-order valence-electron chi connectivity index (χ0n) is 10.5. The molecular formula is C12H18N2O4. The quantitative estimate of drug-likeness (QED) is 0.834. The number of aliphatic carboxylic acids is 1. The van der Waals surface area contributed by atoms with Crippen molar-refractivity contribution in [2.24, 2.45) is 0 Å². The van der Waals surface area contributed by atoms with Crippen molar-refractivity contribution in [3.8, 4) is 0 Å². The number of hydrogen-bond donors (Lipinski definition) is 1. The molecule has 0 amide bonds. The molecule has 6 nitrogen and oxygen atoms in total. The molecule has 1 aliphatic rings. The van der Waals surface area contributed by atoms with Crippen LogP contribution in [0.1, 0.15) is 50.2 Å². The van der Waals surface area contributed by atoms with E-state index in [9.17, 15) is 4.79 Å². The summed E-state index contributed by atoms with van der Waals surface area (Å²) >= 11 is 0. The summed E-state index contributed by atoms with van der Waals surface area (Å²) < 4.78 is 10.7. The second-order valence-corrected chi connectivity index (χ2v) is 4.66. The van der Waals surface area contributed by atoms with E-state index < -0.39 is 11.6 Å². The maximum Gasteiger partial charge on any atom is 0.303 e. The van der Waals surface area contributed by atoms with Crippen LogP contribution in [0, 0.1) is 0 Å². The van der Waals surface area contributed by atoms with Gasteiger partial charge in [0.2, 0.25) is 11.7 Å². The molecule has 100 valence electrons.